The Kier molecular flexibility index (Phi) is 6.00. The largest absolute Gasteiger partial charge is 0.496 e. The van der Waals surface area contributed by atoms with Gasteiger partial charge in [0.25, 0.3) is 0 Å². The Labute approximate surface area is 174 Å². The zero-order valence-corrected chi connectivity index (χ0v) is 16.4. The number of hydrogen-bond donors (Lipinski definition) is 2. The molecule has 0 radical (unpaired) electrons. The molecule has 0 saturated heterocycles. The Morgan fingerprint density at radius 2 is 1.57 bits per heavy atom. The van der Waals surface area contributed by atoms with E-state index in [-0.39, 0.29) is 0 Å². The molecule has 4 rings (SSSR count). The first-order chi connectivity index (χ1) is 14.8. The van der Waals surface area contributed by atoms with E-state index in [2.05, 4.69) is 25.8 Å². The molecular weight excluding hydrogens is 378 g/mol. The van der Waals surface area contributed by atoms with Gasteiger partial charge in [-0.3, -0.25) is 0 Å². The van der Waals surface area contributed by atoms with E-state index >= 15 is 0 Å². The van der Waals surface area contributed by atoms with Crippen molar-refractivity contribution in [1.29, 1.82) is 0 Å². The number of nitrogens with one attached hydrogen (secondary N) is 2. The lowest BCUT2D eigenvalue weighted by atomic mass is 10.2. The normalized spacial score (nSPS) is 10.3. The van der Waals surface area contributed by atoms with Crippen molar-refractivity contribution in [3.63, 3.8) is 0 Å². The zero-order valence-electron chi connectivity index (χ0n) is 16.4. The minimum Gasteiger partial charge on any atom is -0.496 e. The summed E-state index contributed by atoms with van der Waals surface area (Å²) in [7, 11) is 1.65. The van der Waals surface area contributed by atoms with Crippen LogP contribution in [0.2, 0.25) is 0 Å². The van der Waals surface area contributed by atoms with Gasteiger partial charge in [-0.05, 0) is 30.3 Å². The molecule has 2 N–H and O–H groups in total. The number of aromatic nitrogens is 3. The third-order valence-electron chi connectivity index (χ3n) is 4.31. The van der Waals surface area contributed by atoms with E-state index in [4.69, 9.17) is 9.47 Å². The lowest BCUT2D eigenvalue weighted by molar-refractivity contribution is 0.410. The maximum Gasteiger partial charge on any atom is 0.244 e. The second kappa shape index (κ2) is 9.38. The van der Waals surface area contributed by atoms with Crippen molar-refractivity contribution in [3.05, 3.63) is 90.6 Å². The molecule has 30 heavy (non-hydrogen) atoms. The second-order valence-corrected chi connectivity index (χ2v) is 6.37. The molecule has 0 saturated carbocycles. The monoisotopic (exact) mass is 399 g/mol. The van der Waals surface area contributed by atoms with E-state index in [1.165, 1.54) is 0 Å². The van der Waals surface area contributed by atoms with E-state index in [0.29, 0.717) is 24.1 Å². The fraction of sp³-hybridized carbons (Fsp3) is 0.0870. The molecular formula is C23H21N5O2. The van der Waals surface area contributed by atoms with Crippen molar-refractivity contribution >= 4 is 17.5 Å². The molecule has 0 amide bonds. The van der Waals surface area contributed by atoms with Crippen molar-refractivity contribution in [2.75, 3.05) is 17.7 Å². The molecule has 0 atom stereocenters. The number of methoxy groups -OCH3 is 1. The van der Waals surface area contributed by atoms with Gasteiger partial charge in [-0.1, -0.05) is 48.5 Å². The molecule has 7 nitrogen and oxygen atoms in total. The average molecular weight is 399 g/mol. The number of nitrogens with zero attached hydrogens (tertiary/aromatic N) is 3. The van der Waals surface area contributed by atoms with E-state index in [1.54, 1.807) is 13.3 Å². The standard InChI is InChI=1S/C23H21N5O2/c1-29-20-13-7-5-9-17(20)15-24-23-27-22(16-25-28-23)26-19-12-6-8-14-21(19)30-18-10-3-2-4-11-18/h2-14,16H,15H2,1H3,(H2,24,26,27,28). The van der Waals surface area contributed by atoms with Crippen molar-refractivity contribution < 1.29 is 9.47 Å². The molecule has 0 bridgehead atoms. The van der Waals surface area contributed by atoms with Gasteiger partial charge < -0.3 is 20.1 Å². The Morgan fingerprint density at radius 3 is 2.40 bits per heavy atom. The minimum atomic E-state index is 0.410. The van der Waals surface area contributed by atoms with Crippen LogP contribution < -0.4 is 20.1 Å². The molecule has 4 aromatic rings. The van der Waals surface area contributed by atoms with E-state index in [9.17, 15) is 0 Å². The first-order valence-electron chi connectivity index (χ1n) is 9.46. The second-order valence-electron chi connectivity index (χ2n) is 6.37. The third kappa shape index (κ3) is 4.82. The van der Waals surface area contributed by atoms with Crippen LogP contribution >= 0.6 is 0 Å². The van der Waals surface area contributed by atoms with Crippen LogP contribution in [0.15, 0.2) is 85.1 Å². The highest BCUT2D eigenvalue weighted by Crippen LogP contribution is 2.31. The Bertz CT molecular complexity index is 1110. The van der Waals surface area contributed by atoms with E-state index in [1.807, 2.05) is 78.9 Å². The van der Waals surface area contributed by atoms with Gasteiger partial charge in [-0.15, -0.1) is 5.10 Å². The predicted octanol–water partition coefficient (Wildman–Crippen LogP) is 5.03. The van der Waals surface area contributed by atoms with Crippen LogP contribution in [0.5, 0.6) is 17.2 Å². The average Bonchev–Trinajstić information content (AvgIpc) is 2.80. The molecule has 0 aliphatic heterocycles. The first kappa shape index (κ1) is 19.2. The maximum absolute atomic E-state index is 5.99. The minimum absolute atomic E-state index is 0.410. The number of benzene rings is 3. The van der Waals surface area contributed by atoms with Crippen molar-refractivity contribution in [3.8, 4) is 17.2 Å². The number of para-hydroxylation sites is 4. The smallest absolute Gasteiger partial charge is 0.244 e. The summed E-state index contributed by atoms with van der Waals surface area (Å²) in [6.45, 7) is 0.517. The van der Waals surface area contributed by atoms with E-state index < -0.39 is 0 Å². The number of hydrogen-bond acceptors (Lipinski definition) is 7. The van der Waals surface area contributed by atoms with Crippen LogP contribution in [-0.2, 0) is 6.54 Å². The van der Waals surface area contributed by atoms with Crippen molar-refractivity contribution in [2.45, 2.75) is 6.54 Å². The zero-order chi connectivity index (χ0) is 20.6. The maximum atomic E-state index is 5.99. The SMILES string of the molecule is COc1ccccc1CNc1nncc(Nc2ccccc2Oc2ccccc2)n1. The molecule has 0 aliphatic rings. The van der Waals surface area contributed by atoms with Crippen LogP contribution in [-0.4, -0.2) is 22.3 Å². The predicted molar refractivity (Wildman–Crippen MR) is 116 cm³/mol. The number of anilines is 3. The molecule has 150 valence electrons. The van der Waals surface area contributed by atoms with Crippen LogP contribution in [0.3, 0.4) is 0 Å². The summed E-state index contributed by atoms with van der Waals surface area (Å²) < 4.78 is 11.4. The molecule has 7 heteroatoms. The summed E-state index contributed by atoms with van der Waals surface area (Å²) >= 11 is 0. The van der Waals surface area contributed by atoms with Gasteiger partial charge in [0.1, 0.15) is 11.5 Å². The molecule has 1 heterocycles. The van der Waals surface area contributed by atoms with Gasteiger partial charge in [-0.2, -0.15) is 10.1 Å². The van der Waals surface area contributed by atoms with Crippen LogP contribution in [0.25, 0.3) is 0 Å². The molecule has 0 spiro atoms. The van der Waals surface area contributed by atoms with Gasteiger partial charge >= 0.3 is 0 Å². The number of ether oxygens (including phenoxy) is 2. The van der Waals surface area contributed by atoms with E-state index in [0.717, 1.165) is 22.7 Å². The van der Waals surface area contributed by atoms with Gasteiger partial charge in [0.05, 0.1) is 19.0 Å². The topological polar surface area (TPSA) is 81.2 Å². The van der Waals surface area contributed by atoms with Crippen LogP contribution in [0.1, 0.15) is 5.56 Å². The Hall–Kier alpha value is -4.13. The molecule has 0 unspecified atom stereocenters. The summed E-state index contributed by atoms with van der Waals surface area (Å²) in [4.78, 5) is 4.49. The summed E-state index contributed by atoms with van der Waals surface area (Å²) in [5.74, 6) is 3.21. The summed E-state index contributed by atoms with van der Waals surface area (Å²) in [5.41, 5.74) is 1.78. The van der Waals surface area contributed by atoms with Gasteiger partial charge in [-0.25, -0.2) is 0 Å². The first-order valence-corrected chi connectivity index (χ1v) is 9.46. The quantitative estimate of drug-likeness (QED) is 0.430. The fourth-order valence-corrected chi connectivity index (χ4v) is 2.87. The lowest BCUT2D eigenvalue weighted by Crippen LogP contribution is -2.07. The van der Waals surface area contributed by atoms with Crippen LogP contribution in [0.4, 0.5) is 17.5 Å². The summed E-state index contributed by atoms with van der Waals surface area (Å²) in [6.07, 6.45) is 1.56. The highest BCUT2D eigenvalue weighted by molar-refractivity contribution is 5.64. The highest BCUT2D eigenvalue weighted by Gasteiger charge is 2.08. The molecule has 3 aromatic carbocycles. The Balaban J connectivity index is 1.47. The molecule has 1 aromatic heterocycles. The molecule has 0 aliphatic carbocycles. The summed E-state index contributed by atoms with van der Waals surface area (Å²) in [5, 5.41) is 14.5. The molecule has 0 fully saturated rings. The van der Waals surface area contributed by atoms with Gasteiger partial charge in [0.15, 0.2) is 11.6 Å². The number of rotatable bonds is 8. The van der Waals surface area contributed by atoms with Crippen molar-refractivity contribution in [1.82, 2.24) is 15.2 Å². The van der Waals surface area contributed by atoms with Gasteiger partial charge in [0.2, 0.25) is 5.95 Å². The lowest BCUT2D eigenvalue weighted by Gasteiger charge is -2.13. The fourth-order valence-electron chi connectivity index (χ4n) is 2.87. The Morgan fingerprint density at radius 1 is 0.833 bits per heavy atom. The van der Waals surface area contributed by atoms with Crippen molar-refractivity contribution in [2.24, 2.45) is 0 Å². The summed E-state index contributed by atoms with van der Waals surface area (Å²) in [6, 6.07) is 25.1. The third-order valence-corrected chi connectivity index (χ3v) is 4.31. The van der Waals surface area contributed by atoms with Gasteiger partial charge in [0, 0.05) is 12.1 Å². The highest BCUT2D eigenvalue weighted by atomic mass is 16.5. The van der Waals surface area contributed by atoms with Crippen LogP contribution in [0, 0.1) is 0 Å².